The van der Waals surface area contributed by atoms with Gasteiger partial charge < -0.3 is 20.1 Å². The third-order valence-corrected chi connectivity index (χ3v) is 4.25. The molecule has 134 valence electrons. The summed E-state index contributed by atoms with van der Waals surface area (Å²) in [7, 11) is 3.23. The summed E-state index contributed by atoms with van der Waals surface area (Å²) in [6.07, 6.45) is 0. The van der Waals surface area contributed by atoms with E-state index in [0.717, 1.165) is 5.56 Å². The Hall–Kier alpha value is -2.69. The third kappa shape index (κ3) is 4.89. The van der Waals surface area contributed by atoms with Crippen molar-refractivity contribution < 1.29 is 14.6 Å². The molecule has 0 heterocycles. The SMILES string of the molecule is COc1ccc(CN(C)C(=O)NCC(C)(C)c2ccccc2)cc1O. The second-order valence-corrected chi connectivity index (χ2v) is 6.77. The van der Waals surface area contributed by atoms with Gasteiger partial charge in [0.2, 0.25) is 0 Å². The van der Waals surface area contributed by atoms with Crippen LogP contribution in [0.25, 0.3) is 0 Å². The molecule has 2 aromatic rings. The van der Waals surface area contributed by atoms with Crippen LogP contribution in [-0.2, 0) is 12.0 Å². The van der Waals surface area contributed by atoms with Crippen molar-refractivity contribution in [1.82, 2.24) is 10.2 Å². The zero-order valence-corrected chi connectivity index (χ0v) is 15.2. The van der Waals surface area contributed by atoms with Crippen LogP contribution in [-0.4, -0.2) is 36.7 Å². The van der Waals surface area contributed by atoms with Gasteiger partial charge in [-0.1, -0.05) is 50.2 Å². The van der Waals surface area contributed by atoms with Gasteiger partial charge in [-0.15, -0.1) is 0 Å². The minimum atomic E-state index is -0.157. The molecule has 2 N–H and O–H groups in total. The van der Waals surface area contributed by atoms with Gasteiger partial charge in [-0.05, 0) is 23.3 Å². The highest BCUT2D eigenvalue weighted by Gasteiger charge is 2.22. The van der Waals surface area contributed by atoms with Crippen LogP contribution in [0.1, 0.15) is 25.0 Å². The molecule has 0 spiro atoms. The first-order valence-corrected chi connectivity index (χ1v) is 8.24. The molecule has 0 bridgehead atoms. The Labute approximate surface area is 149 Å². The van der Waals surface area contributed by atoms with Gasteiger partial charge in [-0.3, -0.25) is 0 Å². The van der Waals surface area contributed by atoms with Crippen molar-refractivity contribution in [3.05, 3.63) is 59.7 Å². The monoisotopic (exact) mass is 342 g/mol. The van der Waals surface area contributed by atoms with Gasteiger partial charge in [0, 0.05) is 25.6 Å². The Balaban J connectivity index is 1.93. The van der Waals surface area contributed by atoms with Crippen LogP contribution in [0, 0.1) is 0 Å². The summed E-state index contributed by atoms with van der Waals surface area (Å²) in [5.41, 5.74) is 1.85. The maximum absolute atomic E-state index is 12.4. The van der Waals surface area contributed by atoms with E-state index in [-0.39, 0.29) is 17.2 Å². The van der Waals surface area contributed by atoms with Gasteiger partial charge in [-0.25, -0.2) is 4.79 Å². The quantitative estimate of drug-likeness (QED) is 0.844. The van der Waals surface area contributed by atoms with Gasteiger partial charge in [0.05, 0.1) is 7.11 Å². The fourth-order valence-corrected chi connectivity index (χ4v) is 2.60. The fourth-order valence-electron chi connectivity index (χ4n) is 2.60. The molecule has 2 rings (SSSR count). The number of nitrogens with one attached hydrogen (secondary N) is 1. The summed E-state index contributed by atoms with van der Waals surface area (Å²) in [5.74, 6) is 0.486. The van der Waals surface area contributed by atoms with E-state index in [9.17, 15) is 9.90 Å². The molecule has 0 atom stereocenters. The number of methoxy groups -OCH3 is 1. The molecule has 5 nitrogen and oxygen atoms in total. The molecule has 2 amide bonds. The molecule has 0 fully saturated rings. The highest BCUT2D eigenvalue weighted by molar-refractivity contribution is 5.74. The maximum atomic E-state index is 12.4. The van der Waals surface area contributed by atoms with Crippen LogP contribution in [0.3, 0.4) is 0 Å². The number of hydrogen-bond donors (Lipinski definition) is 2. The number of benzene rings is 2. The molecule has 0 aromatic heterocycles. The van der Waals surface area contributed by atoms with Gasteiger partial charge >= 0.3 is 6.03 Å². The van der Waals surface area contributed by atoms with Crippen LogP contribution in [0.5, 0.6) is 11.5 Å². The smallest absolute Gasteiger partial charge is 0.317 e. The third-order valence-electron chi connectivity index (χ3n) is 4.25. The van der Waals surface area contributed by atoms with E-state index in [0.29, 0.717) is 18.8 Å². The van der Waals surface area contributed by atoms with Crippen LogP contribution < -0.4 is 10.1 Å². The van der Waals surface area contributed by atoms with E-state index in [4.69, 9.17) is 4.74 Å². The van der Waals surface area contributed by atoms with E-state index >= 15 is 0 Å². The van der Waals surface area contributed by atoms with Crippen molar-refractivity contribution in [2.45, 2.75) is 25.8 Å². The maximum Gasteiger partial charge on any atom is 0.317 e. The van der Waals surface area contributed by atoms with Crippen molar-refractivity contribution in [2.75, 3.05) is 20.7 Å². The van der Waals surface area contributed by atoms with E-state index in [1.807, 2.05) is 24.3 Å². The Bertz CT molecular complexity index is 714. The zero-order valence-electron chi connectivity index (χ0n) is 15.2. The van der Waals surface area contributed by atoms with Gasteiger partial charge in [0.15, 0.2) is 11.5 Å². The van der Waals surface area contributed by atoms with E-state index in [1.54, 1.807) is 24.1 Å². The summed E-state index contributed by atoms with van der Waals surface area (Å²) in [6.45, 7) is 5.14. The summed E-state index contributed by atoms with van der Waals surface area (Å²) in [5, 5.41) is 12.8. The summed E-state index contributed by atoms with van der Waals surface area (Å²) in [6, 6.07) is 15.1. The zero-order chi connectivity index (χ0) is 18.4. The molecule has 0 unspecified atom stereocenters. The minimum Gasteiger partial charge on any atom is -0.504 e. The Kier molecular flexibility index (Phi) is 5.91. The molecule has 0 aliphatic heterocycles. The normalized spacial score (nSPS) is 11.0. The highest BCUT2D eigenvalue weighted by Crippen LogP contribution is 2.26. The summed E-state index contributed by atoms with van der Waals surface area (Å²) in [4.78, 5) is 13.9. The number of urea groups is 1. The first-order valence-electron chi connectivity index (χ1n) is 8.24. The average Bonchev–Trinajstić information content (AvgIpc) is 2.60. The number of aromatic hydroxyl groups is 1. The highest BCUT2D eigenvalue weighted by atomic mass is 16.5. The number of rotatable bonds is 6. The molecular weight excluding hydrogens is 316 g/mol. The Morgan fingerprint density at radius 2 is 1.88 bits per heavy atom. The van der Waals surface area contributed by atoms with Crippen molar-refractivity contribution >= 4 is 6.03 Å². The Morgan fingerprint density at radius 3 is 2.48 bits per heavy atom. The first-order chi connectivity index (χ1) is 11.8. The topological polar surface area (TPSA) is 61.8 Å². The minimum absolute atomic E-state index is 0.0685. The van der Waals surface area contributed by atoms with E-state index in [1.165, 1.54) is 12.7 Å². The predicted octanol–water partition coefficient (Wildman–Crippen LogP) is 3.52. The van der Waals surface area contributed by atoms with Crippen molar-refractivity contribution in [2.24, 2.45) is 0 Å². The van der Waals surface area contributed by atoms with E-state index in [2.05, 4.69) is 31.3 Å². The number of carbonyl (C=O) groups is 1. The largest absolute Gasteiger partial charge is 0.504 e. The van der Waals surface area contributed by atoms with Crippen LogP contribution in [0.4, 0.5) is 4.79 Å². The molecule has 0 aliphatic rings. The lowest BCUT2D eigenvalue weighted by atomic mass is 9.85. The molecule has 0 saturated heterocycles. The first kappa shape index (κ1) is 18.6. The lowest BCUT2D eigenvalue weighted by Crippen LogP contribution is -2.42. The van der Waals surface area contributed by atoms with Gasteiger partial charge in [-0.2, -0.15) is 0 Å². The lowest BCUT2D eigenvalue weighted by Gasteiger charge is -2.27. The van der Waals surface area contributed by atoms with Crippen molar-refractivity contribution in [1.29, 1.82) is 0 Å². The molecule has 2 aromatic carbocycles. The summed E-state index contributed by atoms with van der Waals surface area (Å²) < 4.78 is 5.03. The molecule has 25 heavy (non-hydrogen) atoms. The van der Waals surface area contributed by atoms with Gasteiger partial charge in [0.1, 0.15) is 0 Å². The number of hydrogen-bond acceptors (Lipinski definition) is 3. The number of carbonyl (C=O) groups excluding carboxylic acids is 1. The predicted molar refractivity (Wildman–Crippen MR) is 99.0 cm³/mol. The number of nitrogens with zero attached hydrogens (tertiary/aromatic N) is 1. The lowest BCUT2D eigenvalue weighted by molar-refractivity contribution is 0.204. The molecular formula is C20H26N2O3. The second kappa shape index (κ2) is 7.92. The van der Waals surface area contributed by atoms with Crippen LogP contribution in [0.2, 0.25) is 0 Å². The average molecular weight is 342 g/mol. The van der Waals surface area contributed by atoms with Crippen molar-refractivity contribution in [3.63, 3.8) is 0 Å². The van der Waals surface area contributed by atoms with Crippen molar-refractivity contribution in [3.8, 4) is 11.5 Å². The Morgan fingerprint density at radius 1 is 1.20 bits per heavy atom. The standard InChI is InChI=1S/C20H26N2O3/c1-20(2,16-8-6-5-7-9-16)14-21-19(24)22(3)13-15-10-11-18(25-4)17(23)12-15/h5-12,23H,13-14H2,1-4H3,(H,21,24). The molecule has 0 saturated carbocycles. The molecule has 0 aliphatic carbocycles. The molecule has 5 heteroatoms. The van der Waals surface area contributed by atoms with Crippen LogP contribution in [0.15, 0.2) is 48.5 Å². The number of ether oxygens (including phenoxy) is 1. The summed E-state index contributed by atoms with van der Waals surface area (Å²) >= 11 is 0. The number of phenols is 1. The number of phenolic OH excluding ortho intramolecular Hbond substituents is 1. The van der Waals surface area contributed by atoms with Crippen LogP contribution >= 0.6 is 0 Å². The molecule has 0 radical (unpaired) electrons. The number of amides is 2. The van der Waals surface area contributed by atoms with Gasteiger partial charge in [0.25, 0.3) is 0 Å². The second-order valence-electron chi connectivity index (χ2n) is 6.77. The van der Waals surface area contributed by atoms with E-state index < -0.39 is 0 Å². The fraction of sp³-hybridized carbons (Fsp3) is 0.350.